The second kappa shape index (κ2) is 8.71. The highest BCUT2D eigenvalue weighted by atomic mass is 79.9. The Morgan fingerprint density at radius 3 is 2.33 bits per heavy atom. The molecule has 0 N–H and O–H groups in total. The van der Waals surface area contributed by atoms with E-state index in [2.05, 4.69) is 15.9 Å². The van der Waals surface area contributed by atoms with Gasteiger partial charge in [0.05, 0.1) is 26.0 Å². The molecule has 5 nitrogen and oxygen atoms in total. The first-order chi connectivity index (χ1) is 14.6. The molecule has 4 rings (SSSR count). The summed E-state index contributed by atoms with van der Waals surface area (Å²) in [4.78, 5) is 13.3. The smallest absolute Gasteiger partial charge is 0.274 e. The Morgan fingerprint density at radius 2 is 1.67 bits per heavy atom. The number of hydrazone groups is 1. The SMILES string of the molecule is COc1ccc([C@H]2CC(c3ccc(Br)cc3)=NN2C(=O)c2ccccc2)cc1OC. The van der Waals surface area contributed by atoms with Crippen LogP contribution in [0.3, 0.4) is 0 Å². The predicted molar refractivity (Wildman–Crippen MR) is 120 cm³/mol. The average Bonchev–Trinajstić information content (AvgIpc) is 3.24. The van der Waals surface area contributed by atoms with Crippen molar-refractivity contribution >= 4 is 27.5 Å². The van der Waals surface area contributed by atoms with Gasteiger partial charge in [0.1, 0.15) is 0 Å². The lowest BCUT2D eigenvalue weighted by molar-refractivity contribution is 0.0711. The van der Waals surface area contributed by atoms with Crippen molar-refractivity contribution in [3.8, 4) is 11.5 Å². The van der Waals surface area contributed by atoms with Gasteiger partial charge in [-0.25, -0.2) is 5.01 Å². The first kappa shape index (κ1) is 20.2. The second-order valence-electron chi connectivity index (χ2n) is 6.90. The molecule has 0 spiro atoms. The van der Waals surface area contributed by atoms with Crippen LogP contribution in [0.15, 0.2) is 82.4 Å². The van der Waals surface area contributed by atoms with Crippen molar-refractivity contribution in [2.24, 2.45) is 5.10 Å². The molecule has 0 aliphatic carbocycles. The van der Waals surface area contributed by atoms with Gasteiger partial charge in [-0.1, -0.05) is 52.3 Å². The number of amides is 1. The normalized spacial score (nSPS) is 15.6. The number of carbonyl (C=O) groups excluding carboxylic acids is 1. The van der Waals surface area contributed by atoms with Crippen LogP contribution < -0.4 is 9.47 Å². The summed E-state index contributed by atoms with van der Waals surface area (Å²) in [5.41, 5.74) is 3.40. The third-order valence-corrected chi connectivity index (χ3v) is 5.64. The number of carbonyl (C=O) groups is 1. The van der Waals surface area contributed by atoms with E-state index in [0.29, 0.717) is 23.5 Å². The summed E-state index contributed by atoms with van der Waals surface area (Å²) in [6.07, 6.45) is 0.607. The molecule has 0 saturated carbocycles. The van der Waals surface area contributed by atoms with Crippen LogP contribution in [0.5, 0.6) is 11.5 Å². The highest BCUT2D eigenvalue weighted by molar-refractivity contribution is 9.10. The van der Waals surface area contributed by atoms with Crippen LogP contribution in [0.1, 0.15) is 33.9 Å². The molecular formula is C24H21BrN2O3. The molecule has 0 unspecified atom stereocenters. The van der Waals surface area contributed by atoms with Gasteiger partial charge in [0, 0.05) is 16.5 Å². The molecule has 0 aromatic heterocycles. The van der Waals surface area contributed by atoms with Crippen LogP contribution in [-0.4, -0.2) is 30.8 Å². The van der Waals surface area contributed by atoms with Crippen molar-refractivity contribution in [1.82, 2.24) is 5.01 Å². The summed E-state index contributed by atoms with van der Waals surface area (Å²) in [5.74, 6) is 1.14. The van der Waals surface area contributed by atoms with Crippen LogP contribution in [0.2, 0.25) is 0 Å². The molecule has 0 bridgehead atoms. The van der Waals surface area contributed by atoms with Crippen LogP contribution in [-0.2, 0) is 0 Å². The topological polar surface area (TPSA) is 51.1 Å². The van der Waals surface area contributed by atoms with Gasteiger partial charge in [-0.05, 0) is 47.5 Å². The molecule has 1 heterocycles. The first-order valence-corrected chi connectivity index (χ1v) is 10.3. The van der Waals surface area contributed by atoms with E-state index >= 15 is 0 Å². The van der Waals surface area contributed by atoms with Gasteiger partial charge in [0.2, 0.25) is 0 Å². The largest absolute Gasteiger partial charge is 0.493 e. The monoisotopic (exact) mass is 464 g/mol. The third kappa shape index (κ3) is 3.96. The number of methoxy groups -OCH3 is 2. The summed E-state index contributed by atoms with van der Waals surface area (Å²) < 4.78 is 11.8. The summed E-state index contributed by atoms with van der Waals surface area (Å²) in [6.45, 7) is 0. The number of hydrogen-bond donors (Lipinski definition) is 0. The minimum absolute atomic E-state index is 0.137. The minimum Gasteiger partial charge on any atom is -0.493 e. The Bertz CT molecular complexity index is 1080. The van der Waals surface area contributed by atoms with Gasteiger partial charge >= 0.3 is 0 Å². The Balaban J connectivity index is 1.74. The van der Waals surface area contributed by atoms with Crippen LogP contribution in [0.4, 0.5) is 0 Å². The maximum absolute atomic E-state index is 13.3. The van der Waals surface area contributed by atoms with Gasteiger partial charge in [-0.15, -0.1) is 0 Å². The van der Waals surface area contributed by atoms with Crippen LogP contribution >= 0.6 is 15.9 Å². The van der Waals surface area contributed by atoms with Crippen LogP contribution in [0, 0.1) is 0 Å². The third-order valence-electron chi connectivity index (χ3n) is 5.11. The molecule has 0 radical (unpaired) electrons. The molecular weight excluding hydrogens is 444 g/mol. The molecule has 1 amide bonds. The number of hydrogen-bond acceptors (Lipinski definition) is 4. The lowest BCUT2D eigenvalue weighted by atomic mass is 9.97. The Hall–Kier alpha value is -3.12. The van der Waals surface area contributed by atoms with Crippen molar-refractivity contribution < 1.29 is 14.3 Å². The highest BCUT2D eigenvalue weighted by Gasteiger charge is 2.34. The zero-order valence-corrected chi connectivity index (χ0v) is 18.3. The van der Waals surface area contributed by atoms with Gasteiger partial charge in [-0.2, -0.15) is 5.10 Å². The van der Waals surface area contributed by atoms with Crippen LogP contribution in [0.25, 0.3) is 0 Å². The van der Waals surface area contributed by atoms with Gasteiger partial charge in [0.15, 0.2) is 11.5 Å². The molecule has 0 saturated heterocycles. The number of benzene rings is 3. The number of nitrogens with zero attached hydrogens (tertiary/aromatic N) is 2. The number of ether oxygens (including phenoxy) is 2. The summed E-state index contributed by atoms with van der Waals surface area (Å²) in [6, 6.07) is 22.7. The molecule has 1 aliphatic rings. The van der Waals surface area contributed by atoms with Crippen molar-refractivity contribution in [2.75, 3.05) is 14.2 Å². The average molecular weight is 465 g/mol. The van der Waals surface area contributed by atoms with E-state index in [1.807, 2.05) is 60.7 Å². The second-order valence-corrected chi connectivity index (χ2v) is 7.82. The van der Waals surface area contributed by atoms with Crippen molar-refractivity contribution in [3.05, 3.63) is 94.0 Å². The summed E-state index contributed by atoms with van der Waals surface area (Å²) in [5, 5.41) is 6.31. The Morgan fingerprint density at radius 1 is 0.967 bits per heavy atom. The molecule has 0 fully saturated rings. The summed E-state index contributed by atoms with van der Waals surface area (Å²) >= 11 is 3.47. The fourth-order valence-electron chi connectivity index (χ4n) is 3.55. The Kier molecular flexibility index (Phi) is 5.86. The van der Waals surface area contributed by atoms with E-state index in [0.717, 1.165) is 21.3 Å². The standard InChI is InChI=1S/C24H21BrN2O3/c1-29-22-13-10-18(14-23(22)30-2)21-15-20(16-8-11-19(25)12-9-16)26-27(21)24(28)17-6-4-3-5-7-17/h3-14,21H,15H2,1-2H3/t21-/m1/s1. The molecule has 3 aromatic rings. The maximum Gasteiger partial charge on any atom is 0.274 e. The van der Waals surface area contributed by atoms with E-state index in [-0.39, 0.29) is 11.9 Å². The molecule has 1 atom stereocenters. The van der Waals surface area contributed by atoms with E-state index in [4.69, 9.17) is 14.6 Å². The fourth-order valence-corrected chi connectivity index (χ4v) is 3.81. The fraction of sp³-hybridized carbons (Fsp3) is 0.167. The van der Waals surface area contributed by atoms with E-state index in [1.165, 1.54) is 0 Å². The number of halogens is 1. The highest BCUT2D eigenvalue weighted by Crippen LogP contribution is 2.38. The molecule has 152 valence electrons. The minimum atomic E-state index is -0.240. The Labute approximate surface area is 184 Å². The zero-order valence-electron chi connectivity index (χ0n) is 16.7. The molecule has 1 aliphatic heterocycles. The van der Waals surface area contributed by atoms with Gasteiger partial charge in [0.25, 0.3) is 5.91 Å². The maximum atomic E-state index is 13.3. The van der Waals surface area contributed by atoms with Gasteiger partial charge < -0.3 is 9.47 Å². The summed E-state index contributed by atoms with van der Waals surface area (Å²) in [7, 11) is 3.21. The molecule has 3 aromatic carbocycles. The van der Waals surface area contributed by atoms with Gasteiger partial charge in [-0.3, -0.25) is 4.79 Å². The quantitative estimate of drug-likeness (QED) is 0.503. The van der Waals surface area contributed by atoms with E-state index < -0.39 is 0 Å². The first-order valence-electron chi connectivity index (χ1n) is 9.54. The van der Waals surface area contributed by atoms with E-state index in [9.17, 15) is 4.79 Å². The zero-order chi connectivity index (χ0) is 21.1. The number of rotatable bonds is 5. The lowest BCUT2D eigenvalue weighted by Crippen LogP contribution is -2.27. The molecule has 30 heavy (non-hydrogen) atoms. The van der Waals surface area contributed by atoms with Crippen molar-refractivity contribution in [3.63, 3.8) is 0 Å². The lowest BCUT2D eigenvalue weighted by Gasteiger charge is -2.23. The predicted octanol–water partition coefficient (Wildman–Crippen LogP) is 5.46. The van der Waals surface area contributed by atoms with Crippen molar-refractivity contribution in [1.29, 1.82) is 0 Å². The van der Waals surface area contributed by atoms with Crippen molar-refractivity contribution in [2.45, 2.75) is 12.5 Å². The van der Waals surface area contributed by atoms with E-state index in [1.54, 1.807) is 31.4 Å². The molecule has 6 heteroatoms.